The van der Waals surface area contributed by atoms with Gasteiger partial charge in [-0.05, 0) is 18.9 Å². The highest BCUT2D eigenvalue weighted by Gasteiger charge is 2.37. The number of carbonyl (C=O) groups excluding carboxylic acids is 1. The number of hydrogen-bond donors (Lipinski definition) is 0. The van der Waals surface area contributed by atoms with Gasteiger partial charge in [0.2, 0.25) is 0 Å². The van der Waals surface area contributed by atoms with Crippen LogP contribution < -0.4 is 0 Å². The fourth-order valence-electron chi connectivity index (χ4n) is 1.35. The van der Waals surface area contributed by atoms with Crippen molar-refractivity contribution in [2.75, 3.05) is 0 Å². The van der Waals surface area contributed by atoms with Crippen LogP contribution in [0.3, 0.4) is 0 Å². The molecule has 3 nitrogen and oxygen atoms in total. The molecule has 0 unspecified atom stereocenters. The van der Waals surface area contributed by atoms with E-state index in [4.69, 9.17) is 0 Å². The molecular formula is C9H7F3N2O. The first-order valence-electron chi connectivity index (χ1n) is 4.40. The minimum atomic E-state index is -4.49. The van der Waals surface area contributed by atoms with Crippen LogP contribution in [0.5, 0.6) is 0 Å². The molecule has 0 N–H and O–H groups in total. The Hall–Kier alpha value is -1.55. The highest BCUT2D eigenvalue weighted by Crippen LogP contribution is 2.41. The monoisotopic (exact) mass is 216 g/mol. The van der Waals surface area contributed by atoms with Crippen molar-refractivity contribution >= 4 is 12.1 Å². The molecule has 0 saturated heterocycles. The average molecular weight is 216 g/mol. The van der Waals surface area contributed by atoms with E-state index < -0.39 is 11.9 Å². The van der Waals surface area contributed by atoms with Gasteiger partial charge in [-0.25, -0.2) is 9.48 Å². The van der Waals surface area contributed by atoms with Gasteiger partial charge < -0.3 is 0 Å². The number of halogens is 3. The van der Waals surface area contributed by atoms with Crippen LogP contribution in [-0.2, 0) is 11.0 Å². The van der Waals surface area contributed by atoms with E-state index in [1.54, 1.807) is 0 Å². The van der Waals surface area contributed by atoms with Crippen molar-refractivity contribution in [2.45, 2.75) is 24.9 Å². The van der Waals surface area contributed by atoms with E-state index in [1.165, 1.54) is 5.94 Å². The van der Waals surface area contributed by atoms with Gasteiger partial charge in [0, 0.05) is 5.92 Å². The number of aromatic nitrogens is 2. The Morgan fingerprint density at radius 2 is 2.20 bits per heavy atom. The van der Waals surface area contributed by atoms with Crippen molar-refractivity contribution in [3.8, 4) is 0 Å². The van der Waals surface area contributed by atoms with E-state index >= 15 is 0 Å². The van der Waals surface area contributed by atoms with Crippen LogP contribution in [0.1, 0.15) is 30.1 Å². The molecule has 1 aromatic heterocycles. The molecule has 1 aliphatic carbocycles. The largest absolute Gasteiger partial charge is 0.433 e. The topological polar surface area (TPSA) is 34.9 Å². The molecule has 1 saturated carbocycles. The molecule has 0 aliphatic heterocycles. The maximum absolute atomic E-state index is 12.5. The summed E-state index contributed by atoms with van der Waals surface area (Å²) < 4.78 is 37.9. The second kappa shape index (κ2) is 3.24. The highest BCUT2D eigenvalue weighted by atomic mass is 19.4. The van der Waals surface area contributed by atoms with Crippen LogP contribution in [0.4, 0.5) is 13.2 Å². The van der Waals surface area contributed by atoms with E-state index in [2.05, 4.69) is 5.10 Å². The minimum Gasteiger partial charge on any atom is -0.232 e. The summed E-state index contributed by atoms with van der Waals surface area (Å²) in [4.78, 5) is 10.0. The SMILES string of the molecule is O=C=Cn1nc(C2CC2)cc1C(F)(F)F. The van der Waals surface area contributed by atoms with Crippen molar-refractivity contribution in [2.24, 2.45) is 0 Å². The fourth-order valence-corrected chi connectivity index (χ4v) is 1.35. The number of alkyl halides is 3. The number of nitrogens with zero attached hydrogens (tertiary/aromatic N) is 2. The van der Waals surface area contributed by atoms with Gasteiger partial charge in [-0.15, -0.1) is 0 Å². The van der Waals surface area contributed by atoms with Crippen LogP contribution in [0.15, 0.2) is 6.07 Å². The normalized spacial score (nSPS) is 16.2. The lowest BCUT2D eigenvalue weighted by Gasteiger charge is -2.04. The first-order chi connectivity index (χ1) is 7.02. The predicted molar refractivity (Wildman–Crippen MR) is 45.7 cm³/mol. The predicted octanol–water partition coefficient (Wildman–Crippen LogP) is 2.08. The third-order valence-electron chi connectivity index (χ3n) is 2.22. The standard InChI is InChI=1S/C9H7F3N2O/c10-9(11,12)8-5-7(6-1-2-6)13-14(8)3-4-15/h3,5-6H,1-2H2. The molecule has 6 heteroatoms. The smallest absolute Gasteiger partial charge is 0.232 e. The average Bonchev–Trinajstić information content (AvgIpc) is 2.87. The van der Waals surface area contributed by atoms with Gasteiger partial charge in [-0.1, -0.05) is 0 Å². The summed E-state index contributed by atoms with van der Waals surface area (Å²) in [6, 6.07) is 0.992. The Morgan fingerprint density at radius 1 is 1.53 bits per heavy atom. The lowest BCUT2D eigenvalue weighted by Crippen LogP contribution is -2.10. The van der Waals surface area contributed by atoms with Crippen LogP contribution in [0.25, 0.3) is 6.20 Å². The zero-order valence-electron chi connectivity index (χ0n) is 7.58. The second-order valence-electron chi connectivity index (χ2n) is 3.42. The maximum Gasteiger partial charge on any atom is 0.433 e. The number of rotatable bonds is 2. The van der Waals surface area contributed by atoms with Crippen molar-refractivity contribution < 1.29 is 18.0 Å². The molecule has 0 spiro atoms. The molecule has 0 aromatic carbocycles. The summed E-state index contributed by atoms with van der Waals surface area (Å²) in [6.07, 6.45) is -2.12. The minimum absolute atomic E-state index is 0.118. The van der Waals surface area contributed by atoms with E-state index in [1.807, 2.05) is 0 Å². The lowest BCUT2D eigenvalue weighted by molar-refractivity contribution is -0.142. The summed E-state index contributed by atoms with van der Waals surface area (Å²) in [7, 11) is 0. The Labute approximate surface area is 83.2 Å². The van der Waals surface area contributed by atoms with Gasteiger partial charge in [-0.2, -0.15) is 18.3 Å². The Bertz CT molecular complexity index is 425. The Kier molecular flexibility index (Phi) is 2.16. The van der Waals surface area contributed by atoms with Crippen LogP contribution in [0.2, 0.25) is 0 Å². The van der Waals surface area contributed by atoms with Gasteiger partial charge in [0.25, 0.3) is 0 Å². The molecule has 0 radical (unpaired) electrons. The zero-order chi connectivity index (χ0) is 11.1. The van der Waals surface area contributed by atoms with Crippen molar-refractivity contribution in [3.63, 3.8) is 0 Å². The summed E-state index contributed by atoms with van der Waals surface area (Å²) in [5, 5.41) is 3.71. The van der Waals surface area contributed by atoms with Crippen LogP contribution >= 0.6 is 0 Å². The van der Waals surface area contributed by atoms with Gasteiger partial charge in [0.05, 0.1) is 5.69 Å². The molecule has 15 heavy (non-hydrogen) atoms. The molecule has 0 atom stereocenters. The molecule has 1 aliphatic rings. The van der Waals surface area contributed by atoms with Gasteiger partial charge in [-0.3, -0.25) is 0 Å². The van der Waals surface area contributed by atoms with Crippen LogP contribution in [0, 0.1) is 0 Å². The lowest BCUT2D eigenvalue weighted by atomic mass is 10.2. The van der Waals surface area contributed by atoms with E-state index in [-0.39, 0.29) is 5.92 Å². The Morgan fingerprint density at radius 3 is 2.67 bits per heavy atom. The summed E-state index contributed by atoms with van der Waals surface area (Å²) >= 11 is 0. The molecular weight excluding hydrogens is 209 g/mol. The maximum atomic E-state index is 12.5. The van der Waals surface area contributed by atoms with Crippen LogP contribution in [-0.4, -0.2) is 15.7 Å². The molecule has 0 bridgehead atoms. The number of hydrogen-bond acceptors (Lipinski definition) is 2. The van der Waals surface area contributed by atoms with Gasteiger partial charge >= 0.3 is 6.18 Å². The first kappa shape index (κ1) is 9.98. The molecule has 1 aromatic rings. The fraction of sp³-hybridized carbons (Fsp3) is 0.444. The third-order valence-corrected chi connectivity index (χ3v) is 2.22. The highest BCUT2D eigenvalue weighted by molar-refractivity contribution is 5.64. The summed E-state index contributed by atoms with van der Waals surface area (Å²) in [5.41, 5.74) is -0.526. The van der Waals surface area contributed by atoms with E-state index in [9.17, 15) is 18.0 Å². The summed E-state index contributed by atoms with van der Waals surface area (Å²) in [5.74, 6) is 1.41. The molecule has 80 valence electrons. The third kappa shape index (κ3) is 1.94. The van der Waals surface area contributed by atoms with Crippen molar-refractivity contribution in [1.29, 1.82) is 0 Å². The van der Waals surface area contributed by atoms with Gasteiger partial charge in [0.1, 0.15) is 17.8 Å². The van der Waals surface area contributed by atoms with Gasteiger partial charge in [0.15, 0.2) is 0 Å². The summed E-state index contributed by atoms with van der Waals surface area (Å²) in [6.45, 7) is 0. The van der Waals surface area contributed by atoms with E-state index in [0.29, 0.717) is 16.6 Å². The second-order valence-corrected chi connectivity index (χ2v) is 3.42. The van der Waals surface area contributed by atoms with E-state index in [0.717, 1.165) is 18.9 Å². The van der Waals surface area contributed by atoms with Crippen molar-refractivity contribution in [3.05, 3.63) is 17.5 Å². The first-order valence-corrected chi connectivity index (χ1v) is 4.40. The zero-order valence-corrected chi connectivity index (χ0v) is 7.58. The molecule has 0 amide bonds. The Balaban J connectivity index is 2.45. The van der Waals surface area contributed by atoms with Crippen molar-refractivity contribution in [1.82, 2.24) is 9.78 Å². The molecule has 2 rings (SSSR count). The molecule has 1 heterocycles. The quantitative estimate of drug-likeness (QED) is 0.709. The molecule has 1 fully saturated rings.